The first-order valence-corrected chi connectivity index (χ1v) is 22.7. The highest BCUT2D eigenvalue weighted by molar-refractivity contribution is 6.17. The quantitative estimate of drug-likeness (QED) is 0.158. The smallest absolute Gasteiger partial charge is 0.0619 e. The normalized spacial score (nSPS) is 12.9. The van der Waals surface area contributed by atoms with E-state index < -0.39 is 0 Å². The maximum atomic E-state index is 2.46. The molecule has 0 amide bonds. The van der Waals surface area contributed by atoms with Crippen molar-refractivity contribution in [1.29, 1.82) is 0 Å². The van der Waals surface area contributed by atoms with Crippen molar-refractivity contribution in [2.75, 3.05) is 0 Å². The lowest BCUT2D eigenvalue weighted by Gasteiger charge is -2.22. The molecule has 2 nitrogen and oxygen atoms in total. The van der Waals surface area contributed by atoms with Gasteiger partial charge in [-0.15, -0.1) is 0 Å². The lowest BCUT2D eigenvalue weighted by molar-refractivity contribution is 0.660. The first-order valence-electron chi connectivity index (χ1n) is 22.7. The van der Waals surface area contributed by atoms with Crippen LogP contribution in [0.2, 0.25) is 0 Å². The Morgan fingerprint density at radius 2 is 0.831 bits per heavy atom. The van der Waals surface area contributed by atoms with Gasteiger partial charge >= 0.3 is 0 Å². The molecule has 0 unspecified atom stereocenters. The molecule has 2 heteroatoms. The van der Waals surface area contributed by atoms with Gasteiger partial charge in [0.15, 0.2) is 0 Å². The van der Waals surface area contributed by atoms with Crippen LogP contribution in [-0.2, 0) is 5.41 Å². The Morgan fingerprint density at radius 1 is 0.292 bits per heavy atom. The Bertz CT molecular complexity index is 3840. The average Bonchev–Trinajstić information content (AvgIpc) is 3.97. The molecule has 2 aromatic heterocycles. The standard InChI is InChI=1S/C63H44N2/c1-63(2)56-30-12-9-24-51(56)52-35-34-43(40-57(52)63)44-36-45(38-46(37-44)50-28-16-29-54-53-25-10-13-31-58(53)65(62(50)54)47-21-7-4-8-22-47)49-27-17-33-60-61(49)55-26-11-14-32-59(55)64(60)48-23-15-20-42(39-48)41-18-5-3-6-19-41/h3-40H,1-2H3. The summed E-state index contributed by atoms with van der Waals surface area (Å²) in [5.74, 6) is 0. The van der Waals surface area contributed by atoms with Crippen LogP contribution in [0.25, 0.3) is 111 Å². The molecule has 0 saturated carbocycles. The molecule has 0 fully saturated rings. The van der Waals surface area contributed by atoms with E-state index in [9.17, 15) is 0 Å². The zero-order valence-electron chi connectivity index (χ0n) is 36.3. The highest BCUT2D eigenvalue weighted by Crippen LogP contribution is 2.50. The minimum Gasteiger partial charge on any atom is -0.309 e. The van der Waals surface area contributed by atoms with Gasteiger partial charge in [-0.2, -0.15) is 0 Å². The molecule has 13 rings (SSSR count). The van der Waals surface area contributed by atoms with Gasteiger partial charge in [0, 0.05) is 43.9 Å². The van der Waals surface area contributed by atoms with Crippen LogP contribution in [0.4, 0.5) is 0 Å². The van der Waals surface area contributed by atoms with Gasteiger partial charge in [-0.1, -0.05) is 178 Å². The molecular formula is C63H44N2. The Kier molecular flexibility index (Phi) is 8.29. The van der Waals surface area contributed by atoms with Crippen molar-refractivity contribution in [3.63, 3.8) is 0 Å². The number of rotatable bonds is 6. The van der Waals surface area contributed by atoms with Crippen LogP contribution in [-0.4, -0.2) is 9.13 Å². The summed E-state index contributed by atoms with van der Waals surface area (Å²) in [5, 5.41) is 4.98. The number of benzene rings is 10. The van der Waals surface area contributed by atoms with Gasteiger partial charge in [-0.3, -0.25) is 0 Å². The summed E-state index contributed by atoms with van der Waals surface area (Å²) in [6.45, 7) is 4.75. The maximum absolute atomic E-state index is 2.46. The number of nitrogens with zero attached hydrogens (tertiary/aromatic N) is 2. The minimum atomic E-state index is -0.115. The molecule has 1 aliphatic rings. The highest BCUT2D eigenvalue weighted by atomic mass is 15.0. The van der Waals surface area contributed by atoms with Crippen LogP contribution in [0, 0.1) is 0 Å². The summed E-state index contributed by atoms with van der Waals surface area (Å²) >= 11 is 0. The fraction of sp³-hybridized carbons (Fsp3) is 0.0476. The first kappa shape index (κ1) is 37.4. The van der Waals surface area contributed by atoms with Gasteiger partial charge in [0.2, 0.25) is 0 Å². The van der Waals surface area contributed by atoms with E-state index in [0.717, 1.165) is 11.4 Å². The van der Waals surface area contributed by atoms with Gasteiger partial charge < -0.3 is 9.13 Å². The number of fused-ring (bicyclic) bond motifs is 9. The molecule has 0 atom stereocenters. The van der Waals surface area contributed by atoms with Crippen LogP contribution in [0.15, 0.2) is 231 Å². The Labute approximate surface area is 378 Å². The molecular weight excluding hydrogens is 785 g/mol. The monoisotopic (exact) mass is 828 g/mol. The van der Waals surface area contributed by atoms with Crippen molar-refractivity contribution in [1.82, 2.24) is 9.13 Å². The third kappa shape index (κ3) is 5.74. The topological polar surface area (TPSA) is 9.86 Å². The summed E-state index contributed by atoms with van der Waals surface area (Å²) in [7, 11) is 0. The fourth-order valence-corrected chi connectivity index (χ4v) is 11.1. The van der Waals surface area contributed by atoms with E-state index in [4.69, 9.17) is 0 Å². The summed E-state index contributed by atoms with van der Waals surface area (Å²) in [6, 6.07) is 85.3. The third-order valence-corrected chi connectivity index (χ3v) is 14.1. The van der Waals surface area contributed by atoms with Crippen molar-refractivity contribution in [2.45, 2.75) is 19.3 Å². The largest absolute Gasteiger partial charge is 0.309 e. The van der Waals surface area contributed by atoms with Crippen molar-refractivity contribution in [3.8, 4) is 67.0 Å². The van der Waals surface area contributed by atoms with Crippen LogP contribution in [0.1, 0.15) is 25.0 Å². The zero-order chi connectivity index (χ0) is 43.2. The van der Waals surface area contributed by atoms with E-state index >= 15 is 0 Å². The van der Waals surface area contributed by atoms with E-state index in [2.05, 4.69) is 254 Å². The van der Waals surface area contributed by atoms with E-state index in [0.29, 0.717) is 0 Å². The van der Waals surface area contributed by atoms with Gasteiger partial charge in [-0.05, 0) is 128 Å². The molecule has 0 bridgehead atoms. The van der Waals surface area contributed by atoms with E-state index in [1.165, 1.54) is 110 Å². The molecule has 10 aromatic carbocycles. The second-order valence-electron chi connectivity index (χ2n) is 18.1. The molecule has 65 heavy (non-hydrogen) atoms. The average molecular weight is 829 g/mol. The molecule has 0 aliphatic heterocycles. The molecule has 306 valence electrons. The minimum absolute atomic E-state index is 0.115. The van der Waals surface area contributed by atoms with Gasteiger partial charge in [-0.25, -0.2) is 0 Å². The lowest BCUT2D eigenvalue weighted by atomic mass is 9.81. The van der Waals surface area contributed by atoms with Crippen molar-refractivity contribution in [2.24, 2.45) is 0 Å². The second kappa shape index (κ2) is 14.4. The van der Waals surface area contributed by atoms with Crippen molar-refractivity contribution >= 4 is 43.6 Å². The van der Waals surface area contributed by atoms with Crippen LogP contribution < -0.4 is 0 Å². The molecule has 12 aromatic rings. The van der Waals surface area contributed by atoms with Crippen molar-refractivity contribution < 1.29 is 0 Å². The van der Waals surface area contributed by atoms with Crippen LogP contribution in [0.3, 0.4) is 0 Å². The predicted molar refractivity (Wildman–Crippen MR) is 274 cm³/mol. The SMILES string of the molecule is CC1(C)c2ccccc2-c2ccc(-c3cc(-c4cccc5c4c4ccccc4n5-c4cccc(-c5ccccc5)c4)cc(-c4cccc5c6ccccc6n(-c6ccccc6)c45)c3)cc21. The molecule has 1 aliphatic carbocycles. The second-order valence-corrected chi connectivity index (χ2v) is 18.1. The maximum Gasteiger partial charge on any atom is 0.0619 e. The lowest BCUT2D eigenvalue weighted by Crippen LogP contribution is -2.14. The predicted octanol–water partition coefficient (Wildman–Crippen LogP) is 16.9. The number of hydrogen-bond donors (Lipinski definition) is 0. The molecule has 2 heterocycles. The summed E-state index contributed by atoms with van der Waals surface area (Å²) in [6.07, 6.45) is 0. The molecule has 0 spiro atoms. The first-order chi connectivity index (χ1) is 32.0. The number of aromatic nitrogens is 2. The zero-order valence-corrected chi connectivity index (χ0v) is 36.3. The van der Waals surface area contributed by atoms with Gasteiger partial charge in [0.1, 0.15) is 0 Å². The van der Waals surface area contributed by atoms with Crippen LogP contribution in [0.5, 0.6) is 0 Å². The van der Waals surface area contributed by atoms with E-state index in [-0.39, 0.29) is 5.41 Å². The van der Waals surface area contributed by atoms with Crippen molar-refractivity contribution in [3.05, 3.63) is 242 Å². The Morgan fingerprint density at radius 3 is 1.66 bits per heavy atom. The van der Waals surface area contributed by atoms with Gasteiger partial charge in [0.05, 0.1) is 22.1 Å². The van der Waals surface area contributed by atoms with E-state index in [1.54, 1.807) is 0 Å². The Balaban J connectivity index is 1.09. The highest BCUT2D eigenvalue weighted by Gasteiger charge is 2.35. The third-order valence-electron chi connectivity index (χ3n) is 14.1. The summed E-state index contributed by atoms with van der Waals surface area (Å²) < 4.78 is 4.91. The molecule has 0 radical (unpaired) electrons. The Hall–Kier alpha value is -8.20. The van der Waals surface area contributed by atoms with Gasteiger partial charge in [0.25, 0.3) is 0 Å². The fourth-order valence-electron chi connectivity index (χ4n) is 11.1. The number of hydrogen-bond acceptors (Lipinski definition) is 0. The van der Waals surface area contributed by atoms with E-state index in [1.807, 2.05) is 0 Å². The molecule has 0 N–H and O–H groups in total. The van der Waals surface area contributed by atoms with Crippen LogP contribution >= 0.6 is 0 Å². The summed E-state index contributed by atoms with van der Waals surface area (Å²) in [4.78, 5) is 0. The number of para-hydroxylation sites is 4. The summed E-state index contributed by atoms with van der Waals surface area (Å²) in [5.41, 5.74) is 22.0. The molecule has 0 saturated heterocycles.